The fourth-order valence-electron chi connectivity index (χ4n) is 3.42. The van der Waals surface area contributed by atoms with Crippen LogP contribution < -0.4 is 0 Å². The number of nitrogens with zero attached hydrogens (tertiary/aromatic N) is 3. The fraction of sp³-hybridized carbons (Fsp3) is 0.500. The number of rotatable bonds is 5. The third-order valence-electron chi connectivity index (χ3n) is 4.61. The van der Waals surface area contributed by atoms with Crippen molar-refractivity contribution in [1.82, 2.24) is 9.47 Å². The third kappa shape index (κ3) is 3.60. The number of nitriles is 1. The molecule has 1 fully saturated rings. The number of aryl methyl sites for hydroxylation is 2. The molecule has 3 rings (SSSR count). The summed E-state index contributed by atoms with van der Waals surface area (Å²) in [5.41, 5.74) is 2.02. The van der Waals surface area contributed by atoms with Crippen molar-refractivity contribution in [1.29, 1.82) is 5.26 Å². The van der Waals surface area contributed by atoms with E-state index in [2.05, 4.69) is 34.7 Å². The largest absolute Gasteiger partial charge is 0.342 e. The smallest absolute Gasteiger partial charge is 0.120 e. The lowest BCUT2D eigenvalue weighted by Crippen LogP contribution is -2.39. The molecule has 1 aliphatic heterocycles. The Morgan fingerprint density at radius 3 is 3.05 bits per heavy atom. The minimum Gasteiger partial charge on any atom is -0.342 e. The Balaban J connectivity index is 1.63. The van der Waals surface area contributed by atoms with Crippen LogP contribution in [0.15, 0.2) is 29.8 Å². The Kier molecular flexibility index (Phi) is 4.97. The van der Waals surface area contributed by atoms with E-state index in [9.17, 15) is 0 Å². The van der Waals surface area contributed by atoms with Crippen LogP contribution in [0.5, 0.6) is 0 Å². The van der Waals surface area contributed by atoms with Crippen LogP contribution in [0.3, 0.4) is 0 Å². The van der Waals surface area contributed by atoms with Gasteiger partial charge in [-0.2, -0.15) is 5.26 Å². The van der Waals surface area contributed by atoms with E-state index in [-0.39, 0.29) is 0 Å². The molecule has 116 valence electrons. The van der Waals surface area contributed by atoms with Crippen LogP contribution in [0.2, 0.25) is 0 Å². The molecular weight excluding hydrogens is 290 g/mol. The quantitative estimate of drug-likeness (QED) is 0.837. The number of aromatic nitrogens is 1. The molecular formula is C18H23N3S. The monoisotopic (exact) mass is 313 g/mol. The Morgan fingerprint density at radius 1 is 1.41 bits per heavy atom. The lowest BCUT2D eigenvalue weighted by Gasteiger charge is -2.35. The van der Waals surface area contributed by atoms with Gasteiger partial charge in [0.2, 0.25) is 0 Å². The topological polar surface area (TPSA) is 32.0 Å². The van der Waals surface area contributed by atoms with Crippen LogP contribution in [0.4, 0.5) is 0 Å². The summed E-state index contributed by atoms with van der Waals surface area (Å²) >= 11 is 1.87. The molecule has 0 spiro atoms. The molecule has 3 nitrogen and oxygen atoms in total. The lowest BCUT2D eigenvalue weighted by molar-refractivity contribution is 0.132. The highest BCUT2D eigenvalue weighted by molar-refractivity contribution is 7.09. The van der Waals surface area contributed by atoms with E-state index < -0.39 is 0 Å². The first kappa shape index (κ1) is 15.3. The first-order valence-electron chi connectivity index (χ1n) is 8.08. The Morgan fingerprint density at radius 2 is 2.32 bits per heavy atom. The van der Waals surface area contributed by atoms with Crippen LogP contribution in [-0.2, 0) is 20.0 Å². The van der Waals surface area contributed by atoms with Gasteiger partial charge in [-0.1, -0.05) is 12.5 Å². The maximum Gasteiger partial charge on any atom is 0.120 e. The van der Waals surface area contributed by atoms with Crippen LogP contribution in [0.1, 0.15) is 41.8 Å². The molecule has 1 atom stereocenters. The second-order valence-electron chi connectivity index (χ2n) is 6.19. The molecule has 3 heterocycles. The zero-order chi connectivity index (χ0) is 15.4. The highest BCUT2D eigenvalue weighted by Gasteiger charge is 2.22. The molecule has 2 aromatic heterocycles. The van der Waals surface area contributed by atoms with Crippen LogP contribution in [0.25, 0.3) is 0 Å². The molecule has 0 bridgehead atoms. The lowest BCUT2D eigenvalue weighted by atomic mass is 9.97. The van der Waals surface area contributed by atoms with Crippen LogP contribution in [0, 0.1) is 11.3 Å². The van der Waals surface area contributed by atoms with Gasteiger partial charge in [0.15, 0.2) is 0 Å². The average molecular weight is 313 g/mol. The van der Waals surface area contributed by atoms with Crippen molar-refractivity contribution in [2.24, 2.45) is 7.05 Å². The highest BCUT2D eigenvalue weighted by atomic mass is 32.1. The van der Waals surface area contributed by atoms with Gasteiger partial charge in [-0.25, -0.2) is 0 Å². The predicted molar refractivity (Wildman–Crippen MR) is 90.8 cm³/mol. The molecule has 1 saturated heterocycles. The molecule has 4 heteroatoms. The summed E-state index contributed by atoms with van der Waals surface area (Å²) < 4.78 is 1.93. The number of likely N-dealkylation sites (tertiary alicyclic amines) is 1. The minimum atomic E-state index is 0.682. The van der Waals surface area contributed by atoms with Crippen molar-refractivity contribution in [3.8, 4) is 6.07 Å². The highest BCUT2D eigenvalue weighted by Crippen LogP contribution is 2.24. The van der Waals surface area contributed by atoms with E-state index in [0.29, 0.717) is 6.04 Å². The molecule has 0 radical (unpaired) electrons. The average Bonchev–Trinajstić information content (AvgIpc) is 3.16. The van der Waals surface area contributed by atoms with Crippen molar-refractivity contribution in [2.45, 2.75) is 44.7 Å². The first-order chi connectivity index (χ1) is 10.8. The zero-order valence-electron chi connectivity index (χ0n) is 13.2. The molecule has 2 aromatic rings. The van der Waals surface area contributed by atoms with Gasteiger partial charge in [0.25, 0.3) is 0 Å². The molecule has 0 amide bonds. The van der Waals surface area contributed by atoms with Gasteiger partial charge in [0.05, 0.1) is 0 Å². The summed E-state index contributed by atoms with van der Waals surface area (Å²) in [6.45, 7) is 2.16. The summed E-state index contributed by atoms with van der Waals surface area (Å²) in [6.07, 6.45) is 8.50. The summed E-state index contributed by atoms with van der Waals surface area (Å²) in [4.78, 5) is 4.12. The normalized spacial score (nSPS) is 19.2. The van der Waals surface area contributed by atoms with Crippen molar-refractivity contribution in [3.63, 3.8) is 0 Å². The van der Waals surface area contributed by atoms with E-state index in [1.807, 2.05) is 29.0 Å². The van der Waals surface area contributed by atoms with E-state index in [0.717, 1.165) is 12.2 Å². The number of piperidine rings is 1. The maximum absolute atomic E-state index is 9.10. The molecule has 0 N–H and O–H groups in total. The van der Waals surface area contributed by atoms with Crippen LogP contribution in [-0.4, -0.2) is 22.1 Å². The molecule has 22 heavy (non-hydrogen) atoms. The van der Waals surface area contributed by atoms with E-state index >= 15 is 0 Å². The van der Waals surface area contributed by atoms with Gasteiger partial charge in [0.1, 0.15) is 11.8 Å². The van der Waals surface area contributed by atoms with Gasteiger partial charge in [-0.15, -0.1) is 11.3 Å². The fourth-order valence-corrected chi connectivity index (χ4v) is 4.15. The van der Waals surface area contributed by atoms with Crippen molar-refractivity contribution in [2.75, 3.05) is 6.54 Å². The van der Waals surface area contributed by atoms with Crippen molar-refractivity contribution >= 4 is 11.3 Å². The van der Waals surface area contributed by atoms with Gasteiger partial charge in [0, 0.05) is 30.7 Å². The number of hydrogen-bond donors (Lipinski definition) is 0. The summed E-state index contributed by atoms with van der Waals surface area (Å²) in [5, 5.41) is 11.3. The van der Waals surface area contributed by atoms with E-state index in [4.69, 9.17) is 5.26 Å². The number of thiophene rings is 1. The van der Waals surface area contributed by atoms with Gasteiger partial charge in [-0.3, -0.25) is 4.90 Å². The van der Waals surface area contributed by atoms with E-state index in [1.54, 1.807) is 0 Å². The standard InChI is InChI=1S/C18H23N3S/c1-20-13-15(11-17(20)12-19)14-21-9-3-2-5-16(21)7-8-18-6-4-10-22-18/h4,6,10-11,13,16H,2-3,5,7-9,14H2,1H3/t16-/m1/s1. The van der Waals surface area contributed by atoms with Gasteiger partial charge < -0.3 is 4.57 Å². The van der Waals surface area contributed by atoms with E-state index in [1.165, 1.54) is 49.1 Å². The molecule has 0 aromatic carbocycles. The Bertz CT molecular complexity index is 636. The Hall–Kier alpha value is -1.57. The maximum atomic E-state index is 9.10. The number of hydrogen-bond acceptors (Lipinski definition) is 3. The zero-order valence-corrected chi connectivity index (χ0v) is 14.0. The van der Waals surface area contributed by atoms with Crippen molar-refractivity contribution < 1.29 is 0 Å². The molecule has 1 aliphatic rings. The second-order valence-corrected chi connectivity index (χ2v) is 7.23. The Labute approximate surface area is 136 Å². The third-order valence-corrected chi connectivity index (χ3v) is 5.55. The van der Waals surface area contributed by atoms with Gasteiger partial charge >= 0.3 is 0 Å². The summed E-state index contributed by atoms with van der Waals surface area (Å²) in [5.74, 6) is 0. The molecule has 0 saturated carbocycles. The van der Waals surface area contributed by atoms with Crippen molar-refractivity contribution in [3.05, 3.63) is 45.9 Å². The molecule has 0 unspecified atom stereocenters. The molecule has 0 aliphatic carbocycles. The minimum absolute atomic E-state index is 0.682. The predicted octanol–water partition coefficient (Wildman–Crippen LogP) is 3.95. The van der Waals surface area contributed by atoms with Crippen LogP contribution >= 0.6 is 11.3 Å². The van der Waals surface area contributed by atoms with Gasteiger partial charge in [-0.05, 0) is 55.3 Å². The summed E-state index contributed by atoms with van der Waals surface area (Å²) in [7, 11) is 1.95. The second kappa shape index (κ2) is 7.13. The summed E-state index contributed by atoms with van der Waals surface area (Å²) in [6, 6.07) is 9.36. The SMILES string of the molecule is Cn1cc(CN2CCCC[C@@H]2CCc2cccs2)cc1C#N. The first-order valence-corrected chi connectivity index (χ1v) is 8.96.